The Bertz CT molecular complexity index is 813. The Hall–Kier alpha value is -2.23. The molecule has 2 saturated heterocycles. The third kappa shape index (κ3) is 5.93. The van der Waals surface area contributed by atoms with Crippen LogP contribution in [-0.2, 0) is 16.1 Å². The molecule has 0 bridgehead atoms. The van der Waals surface area contributed by atoms with Gasteiger partial charge < -0.3 is 25.2 Å². The summed E-state index contributed by atoms with van der Waals surface area (Å²) in [6, 6.07) is 4.46. The minimum atomic E-state index is -0.00308. The van der Waals surface area contributed by atoms with Crippen molar-refractivity contribution in [2.24, 2.45) is 0 Å². The number of amides is 1. The average Bonchev–Trinajstić information content (AvgIpc) is 3.18. The van der Waals surface area contributed by atoms with Crippen LogP contribution in [-0.4, -0.2) is 83.6 Å². The minimum Gasteiger partial charge on any atom is -0.379 e. The molecule has 4 heterocycles. The van der Waals surface area contributed by atoms with Gasteiger partial charge in [0, 0.05) is 52.0 Å². The number of nitrogens with zero attached hydrogens (tertiary/aromatic N) is 4. The van der Waals surface area contributed by atoms with E-state index in [0.717, 1.165) is 63.9 Å². The van der Waals surface area contributed by atoms with Crippen LogP contribution in [0.25, 0.3) is 0 Å². The number of hydrogen-bond donors (Lipinski definition) is 2. The van der Waals surface area contributed by atoms with E-state index in [0.29, 0.717) is 6.54 Å². The molecule has 2 fully saturated rings. The lowest BCUT2D eigenvalue weighted by atomic mass is 10.1. The Morgan fingerprint density at radius 2 is 2.06 bits per heavy atom. The number of nitrogens with one attached hydrogen (secondary N) is 2. The lowest BCUT2D eigenvalue weighted by Crippen LogP contribution is -2.44. The molecule has 31 heavy (non-hydrogen) atoms. The molecule has 0 aromatic carbocycles. The predicted molar refractivity (Wildman–Crippen MR) is 126 cm³/mol. The number of likely N-dealkylation sites (tertiary alicyclic amines) is 1. The maximum atomic E-state index is 12.0. The van der Waals surface area contributed by atoms with Crippen molar-refractivity contribution in [3.63, 3.8) is 0 Å². The van der Waals surface area contributed by atoms with E-state index in [2.05, 4.69) is 57.8 Å². The minimum absolute atomic E-state index is 0.00308. The van der Waals surface area contributed by atoms with Gasteiger partial charge in [-0.2, -0.15) is 0 Å². The van der Waals surface area contributed by atoms with Crippen molar-refractivity contribution in [1.29, 1.82) is 0 Å². The molecule has 0 radical (unpaired) electrons. The SMILES string of the molecule is C=CC(=O)N1CCC[C@H](Nc2cc(CN3CCOCC3)cc(NC3SC=CN3C)n2)C1. The first-order chi connectivity index (χ1) is 15.1. The topological polar surface area (TPSA) is 73.0 Å². The van der Waals surface area contributed by atoms with E-state index in [9.17, 15) is 4.79 Å². The van der Waals surface area contributed by atoms with Crippen LogP contribution in [0.5, 0.6) is 0 Å². The number of pyridine rings is 1. The molecule has 3 aliphatic rings. The van der Waals surface area contributed by atoms with Crippen molar-refractivity contribution in [3.05, 3.63) is 42.0 Å². The van der Waals surface area contributed by atoms with Crippen molar-refractivity contribution >= 4 is 29.3 Å². The summed E-state index contributed by atoms with van der Waals surface area (Å²) >= 11 is 1.73. The second kappa shape index (κ2) is 10.4. The van der Waals surface area contributed by atoms with Gasteiger partial charge >= 0.3 is 0 Å². The summed E-state index contributed by atoms with van der Waals surface area (Å²) in [6.45, 7) is 9.41. The van der Waals surface area contributed by atoms with E-state index < -0.39 is 0 Å². The summed E-state index contributed by atoms with van der Waals surface area (Å²) in [5, 5.41) is 9.21. The molecule has 1 aromatic heterocycles. The van der Waals surface area contributed by atoms with Crippen LogP contribution in [0.2, 0.25) is 0 Å². The Balaban J connectivity index is 1.49. The summed E-state index contributed by atoms with van der Waals surface area (Å²) in [5.41, 5.74) is 1.35. The molecule has 0 spiro atoms. The van der Waals surface area contributed by atoms with E-state index >= 15 is 0 Å². The smallest absolute Gasteiger partial charge is 0.246 e. The van der Waals surface area contributed by atoms with Gasteiger partial charge in [0.1, 0.15) is 11.6 Å². The van der Waals surface area contributed by atoms with E-state index in [1.54, 1.807) is 11.8 Å². The first kappa shape index (κ1) is 22.0. The van der Waals surface area contributed by atoms with Crippen LogP contribution in [0.1, 0.15) is 18.4 Å². The number of rotatable bonds is 7. The van der Waals surface area contributed by atoms with Crippen LogP contribution in [0.3, 0.4) is 0 Å². The number of ether oxygens (including phenoxy) is 1. The molecule has 2 N–H and O–H groups in total. The second-order valence-corrected chi connectivity index (χ2v) is 9.18. The molecule has 4 rings (SSSR count). The molecule has 3 aliphatic heterocycles. The highest BCUT2D eigenvalue weighted by atomic mass is 32.2. The molecule has 1 unspecified atom stereocenters. The van der Waals surface area contributed by atoms with E-state index in [-0.39, 0.29) is 17.4 Å². The molecule has 0 aliphatic carbocycles. The van der Waals surface area contributed by atoms with Gasteiger partial charge in [-0.15, -0.1) is 0 Å². The van der Waals surface area contributed by atoms with Crippen LogP contribution < -0.4 is 10.6 Å². The predicted octanol–water partition coefficient (Wildman–Crippen LogP) is 2.35. The average molecular weight is 445 g/mol. The number of carbonyl (C=O) groups excluding carboxylic acids is 1. The van der Waals surface area contributed by atoms with Gasteiger partial charge in [-0.25, -0.2) is 4.98 Å². The summed E-state index contributed by atoms with van der Waals surface area (Å²) in [5.74, 6) is 1.71. The fraction of sp³-hybridized carbons (Fsp3) is 0.545. The molecule has 1 amide bonds. The lowest BCUT2D eigenvalue weighted by molar-refractivity contribution is -0.127. The zero-order valence-corrected chi connectivity index (χ0v) is 18.9. The van der Waals surface area contributed by atoms with Crippen molar-refractivity contribution in [1.82, 2.24) is 19.7 Å². The Morgan fingerprint density at radius 3 is 2.77 bits per heavy atom. The van der Waals surface area contributed by atoms with Crippen molar-refractivity contribution in [2.75, 3.05) is 57.1 Å². The number of morpholine rings is 1. The summed E-state index contributed by atoms with van der Waals surface area (Å²) < 4.78 is 5.49. The standard InChI is InChI=1S/C22H32N6O2S/c1-3-21(29)28-6-4-5-18(16-28)23-19-13-17(15-27-7-10-30-11-8-27)14-20(24-19)25-22-26(2)9-12-31-22/h3,9,12-14,18,22H,1,4-8,10-11,15-16H2,2H3,(H2,23,24,25)/t18-,22?/m0/s1. The summed E-state index contributed by atoms with van der Waals surface area (Å²) in [7, 11) is 2.05. The highest BCUT2D eigenvalue weighted by Gasteiger charge is 2.23. The van der Waals surface area contributed by atoms with Gasteiger partial charge in [0.2, 0.25) is 5.91 Å². The van der Waals surface area contributed by atoms with Gasteiger partial charge in [-0.05, 0) is 42.0 Å². The number of anilines is 2. The van der Waals surface area contributed by atoms with Gasteiger partial charge in [-0.3, -0.25) is 9.69 Å². The molecule has 8 nitrogen and oxygen atoms in total. The van der Waals surface area contributed by atoms with Gasteiger partial charge in [0.15, 0.2) is 5.50 Å². The number of carbonyl (C=O) groups is 1. The van der Waals surface area contributed by atoms with Crippen LogP contribution in [0.15, 0.2) is 36.4 Å². The summed E-state index contributed by atoms with van der Waals surface area (Å²) in [6.07, 6.45) is 5.46. The van der Waals surface area contributed by atoms with Crippen molar-refractivity contribution in [3.8, 4) is 0 Å². The number of hydrogen-bond acceptors (Lipinski definition) is 8. The Kier molecular flexibility index (Phi) is 7.37. The van der Waals surface area contributed by atoms with Crippen molar-refractivity contribution < 1.29 is 9.53 Å². The molecule has 0 saturated carbocycles. The Labute approximate surface area is 188 Å². The molecular weight excluding hydrogens is 412 g/mol. The third-order valence-electron chi connectivity index (χ3n) is 5.80. The van der Waals surface area contributed by atoms with Crippen molar-refractivity contribution in [2.45, 2.75) is 30.9 Å². The van der Waals surface area contributed by atoms with Crippen LogP contribution in [0.4, 0.5) is 11.6 Å². The zero-order valence-electron chi connectivity index (χ0n) is 18.1. The molecule has 2 atom stereocenters. The Morgan fingerprint density at radius 1 is 1.29 bits per heavy atom. The summed E-state index contributed by atoms with van der Waals surface area (Å²) in [4.78, 5) is 23.3. The van der Waals surface area contributed by atoms with E-state index in [4.69, 9.17) is 9.72 Å². The number of piperidine rings is 1. The fourth-order valence-corrected chi connectivity index (χ4v) is 4.98. The first-order valence-corrected chi connectivity index (χ1v) is 11.8. The zero-order chi connectivity index (χ0) is 21.6. The van der Waals surface area contributed by atoms with Gasteiger partial charge in [-0.1, -0.05) is 18.3 Å². The third-order valence-corrected chi connectivity index (χ3v) is 6.79. The second-order valence-electron chi connectivity index (χ2n) is 8.19. The highest BCUT2D eigenvalue weighted by molar-refractivity contribution is 8.03. The molecular formula is C22H32N6O2S. The maximum absolute atomic E-state index is 12.0. The number of thioether (sulfide) groups is 1. The quantitative estimate of drug-likeness (QED) is 0.621. The molecule has 1 aromatic rings. The highest BCUT2D eigenvalue weighted by Crippen LogP contribution is 2.26. The molecule has 168 valence electrons. The lowest BCUT2D eigenvalue weighted by Gasteiger charge is -2.33. The van der Waals surface area contributed by atoms with Gasteiger partial charge in [0.05, 0.1) is 13.2 Å². The van der Waals surface area contributed by atoms with Gasteiger partial charge in [0.25, 0.3) is 0 Å². The van der Waals surface area contributed by atoms with Crippen LogP contribution in [0, 0.1) is 0 Å². The monoisotopic (exact) mass is 444 g/mol. The largest absolute Gasteiger partial charge is 0.379 e. The van der Waals surface area contributed by atoms with Crippen LogP contribution >= 0.6 is 11.8 Å². The van der Waals surface area contributed by atoms with E-state index in [1.165, 1.54) is 11.6 Å². The van der Waals surface area contributed by atoms with E-state index in [1.807, 2.05) is 4.90 Å². The molecule has 9 heteroatoms. The normalized spacial score (nSPS) is 24.3. The first-order valence-electron chi connectivity index (χ1n) is 10.9. The fourth-order valence-electron chi connectivity index (χ4n) is 4.12. The maximum Gasteiger partial charge on any atom is 0.246 e. The number of aromatic nitrogens is 1.